The minimum atomic E-state index is 0.177. The first-order valence-corrected chi connectivity index (χ1v) is 7.62. The van der Waals surface area contributed by atoms with Crippen LogP contribution in [0.3, 0.4) is 0 Å². The zero-order valence-corrected chi connectivity index (χ0v) is 13.4. The number of benzene rings is 1. The molecule has 0 saturated heterocycles. The smallest absolute Gasteiger partial charge is 0.123 e. The summed E-state index contributed by atoms with van der Waals surface area (Å²) in [5.41, 5.74) is 2.41. The number of aryl methyl sites for hydroxylation is 1. The van der Waals surface area contributed by atoms with Gasteiger partial charge >= 0.3 is 0 Å². The van der Waals surface area contributed by atoms with Gasteiger partial charge in [-0.15, -0.1) is 0 Å². The molecule has 1 atom stereocenters. The third-order valence-electron chi connectivity index (χ3n) is 3.54. The van der Waals surface area contributed by atoms with Crippen LogP contribution >= 0.6 is 0 Å². The number of hydrogen-bond acceptors (Lipinski definition) is 3. The van der Waals surface area contributed by atoms with Crippen molar-refractivity contribution in [3.63, 3.8) is 0 Å². The lowest BCUT2D eigenvalue weighted by Gasteiger charge is -2.20. The van der Waals surface area contributed by atoms with Crippen molar-refractivity contribution in [1.29, 1.82) is 0 Å². The summed E-state index contributed by atoms with van der Waals surface area (Å²) in [5, 5.41) is 3.32. The van der Waals surface area contributed by atoms with E-state index in [4.69, 9.17) is 9.47 Å². The molecule has 0 heterocycles. The Morgan fingerprint density at radius 2 is 2.00 bits per heavy atom. The maximum absolute atomic E-state index is 5.81. The molecule has 3 heteroatoms. The van der Waals surface area contributed by atoms with E-state index >= 15 is 0 Å². The van der Waals surface area contributed by atoms with Crippen LogP contribution in [0.1, 0.15) is 49.8 Å². The highest BCUT2D eigenvalue weighted by atomic mass is 16.5. The molecule has 1 rings (SSSR count). The lowest BCUT2D eigenvalue weighted by Crippen LogP contribution is -2.22. The Morgan fingerprint density at radius 1 is 1.20 bits per heavy atom. The van der Waals surface area contributed by atoms with Crippen molar-refractivity contribution in [3.05, 3.63) is 29.3 Å². The molecular formula is C17H29NO2. The van der Waals surface area contributed by atoms with E-state index in [1.165, 1.54) is 30.4 Å². The fourth-order valence-electron chi connectivity index (χ4n) is 2.29. The number of rotatable bonds is 10. The molecule has 114 valence electrons. The maximum Gasteiger partial charge on any atom is 0.123 e. The van der Waals surface area contributed by atoms with E-state index in [9.17, 15) is 0 Å². The molecule has 1 unspecified atom stereocenters. The Bertz CT molecular complexity index is 379. The Labute approximate surface area is 123 Å². The summed E-state index contributed by atoms with van der Waals surface area (Å²) in [6, 6.07) is 6.44. The third kappa shape index (κ3) is 5.51. The molecule has 0 radical (unpaired) electrons. The normalized spacial score (nSPS) is 12.4. The largest absolute Gasteiger partial charge is 0.496 e. The molecule has 1 N–H and O–H groups in total. The van der Waals surface area contributed by atoms with Gasteiger partial charge in [0.2, 0.25) is 0 Å². The van der Waals surface area contributed by atoms with Crippen LogP contribution in [0.2, 0.25) is 0 Å². The van der Waals surface area contributed by atoms with Crippen molar-refractivity contribution in [2.75, 3.05) is 27.4 Å². The quantitative estimate of drug-likeness (QED) is 0.660. The van der Waals surface area contributed by atoms with Crippen LogP contribution in [0.4, 0.5) is 0 Å². The van der Waals surface area contributed by atoms with Crippen LogP contribution in [0.5, 0.6) is 5.75 Å². The lowest BCUT2D eigenvalue weighted by molar-refractivity contribution is 0.109. The second-order valence-corrected chi connectivity index (χ2v) is 5.22. The number of hydrogen-bond donors (Lipinski definition) is 1. The first-order valence-electron chi connectivity index (χ1n) is 7.62. The summed E-state index contributed by atoms with van der Waals surface area (Å²) in [7, 11) is 3.68. The van der Waals surface area contributed by atoms with Gasteiger partial charge in [0.15, 0.2) is 0 Å². The summed E-state index contributed by atoms with van der Waals surface area (Å²) < 4.78 is 11.3. The van der Waals surface area contributed by atoms with E-state index in [2.05, 4.69) is 31.3 Å². The van der Waals surface area contributed by atoms with Crippen molar-refractivity contribution in [3.8, 4) is 5.75 Å². The second-order valence-electron chi connectivity index (χ2n) is 5.22. The number of methoxy groups -OCH3 is 1. The summed E-state index contributed by atoms with van der Waals surface area (Å²) in [6.07, 6.45) is 4.97. The number of unbranched alkanes of at least 4 members (excludes halogenated alkanes) is 3. The van der Waals surface area contributed by atoms with Gasteiger partial charge in [0.05, 0.1) is 19.8 Å². The van der Waals surface area contributed by atoms with Gasteiger partial charge in [-0.1, -0.05) is 43.9 Å². The zero-order valence-electron chi connectivity index (χ0n) is 13.4. The summed E-state index contributed by atoms with van der Waals surface area (Å²) in [5.74, 6) is 0.921. The average Bonchev–Trinajstić information content (AvgIpc) is 2.46. The van der Waals surface area contributed by atoms with Crippen LogP contribution in [0, 0.1) is 6.92 Å². The van der Waals surface area contributed by atoms with E-state index < -0.39 is 0 Å². The molecule has 20 heavy (non-hydrogen) atoms. The molecule has 0 aliphatic heterocycles. The van der Waals surface area contributed by atoms with Crippen LogP contribution in [-0.2, 0) is 4.74 Å². The number of likely N-dealkylation sites (N-methyl/N-ethyl adjacent to an activating group) is 1. The Balaban J connectivity index is 2.51. The standard InChI is InChI=1S/C17H29NO2/c1-5-6-7-8-11-20-13-16(18-3)15-12-14(2)9-10-17(15)19-4/h9-10,12,16,18H,5-8,11,13H2,1-4H3. The Morgan fingerprint density at radius 3 is 2.65 bits per heavy atom. The van der Waals surface area contributed by atoms with Gasteiger partial charge in [-0.05, 0) is 26.5 Å². The van der Waals surface area contributed by atoms with Crippen molar-refractivity contribution < 1.29 is 9.47 Å². The van der Waals surface area contributed by atoms with Crippen LogP contribution in [-0.4, -0.2) is 27.4 Å². The Kier molecular flexibility index (Phi) is 8.31. The highest BCUT2D eigenvalue weighted by Gasteiger charge is 2.14. The molecule has 0 saturated carbocycles. The summed E-state index contributed by atoms with van der Waals surface area (Å²) in [6.45, 7) is 5.85. The monoisotopic (exact) mass is 279 g/mol. The third-order valence-corrected chi connectivity index (χ3v) is 3.54. The van der Waals surface area contributed by atoms with Gasteiger partial charge in [0.1, 0.15) is 5.75 Å². The molecule has 0 bridgehead atoms. The van der Waals surface area contributed by atoms with Crippen LogP contribution in [0.15, 0.2) is 18.2 Å². The predicted octanol–water partition coefficient (Wildman–Crippen LogP) is 3.86. The fraction of sp³-hybridized carbons (Fsp3) is 0.647. The molecule has 3 nitrogen and oxygen atoms in total. The Hall–Kier alpha value is -1.06. The molecule has 0 aliphatic carbocycles. The second kappa shape index (κ2) is 9.78. The molecule has 1 aromatic rings. The van der Waals surface area contributed by atoms with Gasteiger partial charge in [0.25, 0.3) is 0 Å². The average molecular weight is 279 g/mol. The summed E-state index contributed by atoms with van der Waals surface area (Å²) >= 11 is 0. The topological polar surface area (TPSA) is 30.5 Å². The van der Waals surface area contributed by atoms with Crippen molar-refractivity contribution >= 4 is 0 Å². The van der Waals surface area contributed by atoms with E-state index in [-0.39, 0.29) is 6.04 Å². The van der Waals surface area contributed by atoms with Crippen LogP contribution in [0.25, 0.3) is 0 Å². The number of ether oxygens (including phenoxy) is 2. The van der Waals surface area contributed by atoms with Gasteiger partial charge < -0.3 is 14.8 Å². The van der Waals surface area contributed by atoms with E-state index in [0.29, 0.717) is 6.61 Å². The molecule has 0 aromatic heterocycles. The zero-order chi connectivity index (χ0) is 14.8. The number of nitrogens with one attached hydrogen (secondary N) is 1. The molecule has 0 spiro atoms. The minimum absolute atomic E-state index is 0.177. The van der Waals surface area contributed by atoms with E-state index in [1.54, 1.807) is 7.11 Å². The SMILES string of the molecule is CCCCCCOCC(NC)c1cc(C)ccc1OC. The summed E-state index contributed by atoms with van der Waals surface area (Å²) in [4.78, 5) is 0. The molecule has 1 aromatic carbocycles. The van der Waals surface area contributed by atoms with Crippen molar-refractivity contribution in [1.82, 2.24) is 5.32 Å². The molecule has 0 fully saturated rings. The molecular weight excluding hydrogens is 250 g/mol. The van der Waals surface area contributed by atoms with E-state index in [1.807, 2.05) is 13.1 Å². The first-order chi connectivity index (χ1) is 9.72. The minimum Gasteiger partial charge on any atom is -0.496 e. The fourth-order valence-corrected chi connectivity index (χ4v) is 2.29. The van der Waals surface area contributed by atoms with Crippen LogP contribution < -0.4 is 10.1 Å². The van der Waals surface area contributed by atoms with Gasteiger partial charge in [-0.2, -0.15) is 0 Å². The van der Waals surface area contributed by atoms with Gasteiger partial charge in [-0.25, -0.2) is 0 Å². The van der Waals surface area contributed by atoms with Crippen molar-refractivity contribution in [2.24, 2.45) is 0 Å². The highest BCUT2D eigenvalue weighted by Crippen LogP contribution is 2.26. The van der Waals surface area contributed by atoms with Gasteiger partial charge in [0, 0.05) is 12.2 Å². The van der Waals surface area contributed by atoms with Crippen molar-refractivity contribution in [2.45, 2.75) is 45.6 Å². The first kappa shape index (κ1) is 17.0. The van der Waals surface area contributed by atoms with Gasteiger partial charge in [-0.3, -0.25) is 0 Å². The van der Waals surface area contributed by atoms with E-state index in [0.717, 1.165) is 18.8 Å². The predicted molar refractivity (Wildman–Crippen MR) is 84.5 cm³/mol. The molecule has 0 amide bonds. The maximum atomic E-state index is 5.81. The molecule has 0 aliphatic rings. The lowest BCUT2D eigenvalue weighted by atomic mass is 10.0. The highest BCUT2D eigenvalue weighted by molar-refractivity contribution is 5.39.